The number of aryl methyl sites for hydroxylation is 2. The number of amides is 1. The third kappa shape index (κ3) is 2.86. The summed E-state index contributed by atoms with van der Waals surface area (Å²) in [5.74, 6) is -0.263. The molecule has 2 aromatic rings. The van der Waals surface area contributed by atoms with Crippen molar-refractivity contribution in [3.8, 4) is 5.75 Å². The molecular formula is C13H13ClN4O4. The summed E-state index contributed by atoms with van der Waals surface area (Å²) < 4.78 is 6.26. The van der Waals surface area contributed by atoms with Crippen LogP contribution in [-0.2, 0) is 7.05 Å². The molecule has 116 valence electrons. The van der Waals surface area contributed by atoms with Crippen molar-refractivity contribution in [2.24, 2.45) is 7.05 Å². The average molecular weight is 325 g/mol. The van der Waals surface area contributed by atoms with Gasteiger partial charge in [0, 0.05) is 7.05 Å². The van der Waals surface area contributed by atoms with E-state index in [9.17, 15) is 14.9 Å². The zero-order valence-corrected chi connectivity index (χ0v) is 12.8. The molecule has 0 aliphatic carbocycles. The van der Waals surface area contributed by atoms with Crippen LogP contribution in [0.3, 0.4) is 0 Å². The van der Waals surface area contributed by atoms with Gasteiger partial charge in [0.15, 0.2) is 0 Å². The molecule has 8 nitrogen and oxygen atoms in total. The summed E-state index contributed by atoms with van der Waals surface area (Å²) >= 11 is 6.03. The lowest BCUT2D eigenvalue weighted by atomic mass is 10.2. The van der Waals surface area contributed by atoms with Gasteiger partial charge >= 0.3 is 0 Å². The third-order valence-corrected chi connectivity index (χ3v) is 3.47. The topological polar surface area (TPSA) is 99.3 Å². The molecule has 0 unspecified atom stereocenters. The number of nitro benzene ring substituents is 1. The highest BCUT2D eigenvalue weighted by Gasteiger charge is 2.22. The first kappa shape index (κ1) is 15.8. The van der Waals surface area contributed by atoms with Gasteiger partial charge in [-0.15, -0.1) is 0 Å². The van der Waals surface area contributed by atoms with Crippen molar-refractivity contribution in [2.75, 3.05) is 12.4 Å². The van der Waals surface area contributed by atoms with Crippen LogP contribution in [0.15, 0.2) is 18.2 Å². The minimum atomic E-state index is -0.603. The Morgan fingerprint density at radius 1 is 1.50 bits per heavy atom. The van der Waals surface area contributed by atoms with Crippen molar-refractivity contribution in [3.05, 3.63) is 44.7 Å². The van der Waals surface area contributed by atoms with Gasteiger partial charge < -0.3 is 10.1 Å². The van der Waals surface area contributed by atoms with E-state index in [4.69, 9.17) is 16.3 Å². The van der Waals surface area contributed by atoms with Gasteiger partial charge in [0.1, 0.15) is 17.1 Å². The summed E-state index contributed by atoms with van der Waals surface area (Å²) in [5, 5.41) is 17.8. The fraction of sp³-hybridized carbons (Fsp3) is 0.231. The molecule has 0 bridgehead atoms. The number of aromatic nitrogens is 2. The number of halogens is 1. The maximum Gasteiger partial charge on any atom is 0.296 e. The van der Waals surface area contributed by atoms with Gasteiger partial charge in [-0.25, -0.2) is 0 Å². The third-order valence-electron chi connectivity index (χ3n) is 3.01. The van der Waals surface area contributed by atoms with Crippen LogP contribution >= 0.6 is 11.6 Å². The van der Waals surface area contributed by atoms with Crippen LogP contribution in [0, 0.1) is 17.0 Å². The number of carbonyl (C=O) groups excluding carboxylic acids is 1. The summed E-state index contributed by atoms with van der Waals surface area (Å²) in [7, 11) is 2.96. The van der Waals surface area contributed by atoms with Crippen LogP contribution in [0.5, 0.6) is 5.75 Å². The van der Waals surface area contributed by atoms with Crippen LogP contribution in [0.2, 0.25) is 5.02 Å². The van der Waals surface area contributed by atoms with Gasteiger partial charge in [0.05, 0.1) is 28.8 Å². The quantitative estimate of drug-likeness (QED) is 0.688. The van der Waals surface area contributed by atoms with Gasteiger partial charge in [-0.05, 0) is 19.1 Å². The number of ether oxygens (including phenoxy) is 1. The lowest BCUT2D eigenvalue weighted by Crippen LogP contribution is -2.17. The maximum absolute atomic E-state index is 12.3. The number of methoxy groups -OCH3 is 1. The summed E-state index contributed by atoms with van der Waals surface area (Å²) in [6.45, 7) is 1.66. The summed E-state index contributed by atoms with van der Waals surface area (Å²) in [6.07, 6.45) is 0. The smallest absolute Gasteiger partial charge is 0.296 e. The number of hydrogen-bond donors (Lipinski definition) is 1. The lowest BCUT2D eigenvalue weighted by Gasteiger charge is -2.08. The van der Waals surface area contributed by atoms with Gasteiger partial charge in [-0.1, -0.05) is 11.6 Å². The number of nitrogens with one attached hydrogen (secondary N) is 1. The lowest BCUT2D eigenvalue weighted by molar-refractivity contribution is -0.384. The second-order valence-corrected chi connectivity index (χ2v) is 4.84. The molecule has 1 amide bonds. The molecule has 0 fully saturated rings. The molecule has 0 atom stereocenters. The molecule has 0 spiro atoms. The van der Waals surface area contributed by atoms with Crippen LogP contribution in [0.4, 0.5) is 11.4 Å². The Bertz CT molecular complexity index is 757. The zero-order valence-electron chi connectivity index (χ0n) is 12.1. The minimum absolute atomic E-state index is 0.0470. The van der Waals surface area contributed by atoms with Crippen molar-refractivity contribution in [3.63, 3.8) is 0 Å². The Morgan fingerprint density at radius 3 is 2.68 bits per heavy atom. The Morgan fingerprint density at radius 2 is 2.18 bits per heavy atom. The van der Waals surface area contributed by atoms with E-state index in [0.29, 0.717) is 11.4 Å². The summed E-state index contributed by atoms with van der Waals surface area (Å²) in [5.41, 5.74) is 0.399. The predicted octanol–water partition coefficient (Wildman–Crippen LogP) is 2.55. The van der Waals surface area contributed by atoms with Crippen LogP contribution in [-0.4, -0.2) is 27.7 Å². The van der Waals surface area contributed by atoms with Crippen molar-refractivity contribution in [1.82, 2.24) is 9.78 Å². The second kappa shape index (κ2) is 6.02. The van der Waals surface area contributed by atoms with Crippen LogP contribution in [0.1, 0.15) is 16.2 Å². The van der Waals surface area contributed by atoms with Crippen molar-refractivity contribution >= 4 is 28.9 Å². The van der Waals surface area contributed by atoms with Gasteiger partial charge in [-0.3, -0.25) is 19.6 Å². The van der Waals surface area contributed by atoms with E-state index in [2.05, 4.69) is 10.4 Å². The maximum atomic E-state index is 12.3. The first-order valence-corrected chi connectivity index (χ1v) is 6.55. The molecule has 9 heteroatoms. The van der Waals surface area contributed by atoms with Crippen molar-refractivity contribution < 1.29 is 14.5 Å². The zero-order chi connectivity index (χ0) is 16.4. The standard InChI is InChI=1S/C13H13ClN4O4/c1-7-11(14)12(17(2)16-7)13(19)15-9-5-4-8(22-3)6-10(9)18(20)21/h4-6H,1-3H3,(H,15,19). The Labute approximate surface area is 130 Å². The van der Waals surface area contributed by atoms with E-state index in [0.717, 1.165) is 0 Å². The van der Waals surface area contributed by atoms with Crippen LogP contribution in [0.25, 0.3) is 0 Å². The van der Waals surface area contributed by atoms with E-state index >= 15 is 0 Å². The molecule has 22 heavy (non-hydrogen) atoms. The number of rotatable bonds is 4. The monoisotopic (exact) mass is 324 g/mol. The molecule has 1 aromatic heterocycles. The number of nitro groups is 1. The molecule has 1 N–H and O–H groups in total. The number of anilines is 1. The molecular weight excluding hydrogens is 312 g/mol. The molecule has 0 saturated heterocycles. The van der Waals surface area contributed by atoms with E-state index in [1.807, 2.05) is 0 Å². The van der Waals surface area contributed by atoms with E-state index in [-0.39, 0.29) is 22.1 Å². The molecule has 0 saturated carbocycles. The van der Waals surface area contributed by atoms with Crippen molar-refractivity contribution in [2.45, 2.75) is 6.92 Å². The summed E-state index contributed by atoms with van der Waals surface area (Å²) in [4.78, 5) is 22.8. The highest BCUT2D eigenvalue weighted by molar-refractivity contribution is 6.34. The predicted molar refractivity (Wildman–Crippen MR) is 80.6 cm³/mol. The molecule has 1 aromatic carbocycles. The fourth-order valence-electron chi connectivity index (χ4n) is 1.96. The molecule has 0 aliphatic heterocycles. The SMILES string of the molecule is COc1ccc(NC(=O)c2c(Cl)c(C)nn2C)c([N+](=O)[O-])c1. The Balaban J connectivity index is 2.38. The highest BCUT2D eigenvalue weighted by atomic mass is 35.5. The molecule has 0 radical (unpaired) electrons. The molecule has 2 rings (SSSR count). The van der Waals surface area contributed by atoms with Crippen molar-refractivity contribution in [1.29, 1.82) is 0 Å². The average Bonchev–Trinajstić information content (AvgIpc) is 2.72. The number of carbonyl (C=O) groups is 1. The second-order valence-electron chi connectivity index (χ2n) is 4.47. The number of hydrogen-bond acceptors (Lipinski definition) is 5. The first-order chi connectivity index (χ1) is 10.3. The largest absolute Gasteiger partial charge is 0.496 e. The first-order valence-electron chi connectivity index (χ1n) is 6.18. The van der Waals surface area contributed by atoms with Crippen LogP contribution < -0.4 is 10.1 Å². The minimum Gasteiger partial charge on any atom is -0.496 e. The Hall–Kier alpha value is -2.61. The van der Waals surface area contributed by atoms with E-state index in [1.165, 1.54) is 30.0 Å². The number of benzene rings is 1. The van der Waals surface area contributed by atoms with E-state index < -0.39 is 10.8 Å². The van der Waals surface area contributed by atoms with Gasteiger partial charge in [-0.2, -0.15) is 5.10 Å². The highest BCUT2D eigenvalue weighted by Crippen LogP contribution is 2.30. The summed E-state index contributed by atoms with van der Waals surface area (Å²) in [6, 6.07) is 4.14. The van der Waals surface area contributed by atoms with Gasteiger partial charge in [0.25, 0.3) is 11.6 Å². The molecule has 0 aliphatic rings. The van der Waals surface area contributed by atoms with Gasteiger partial charge in [0.2, 0.25) is 0 Å². The number of nitrogens with zero attached hydrogens (tertiary/aromatic N) is 3. The Kier molecular flexibility index (Phi) is 4.32. The van der Waals surface area contributed by atoms with E-state index in [1.54, 1.807) is 14.0 Å². The fourth-order valence-corrected chi connectivity index (χ4v) is 2.20. The normalized spacial score (nSPS) is 10.4. The molecule has 1 heterocycles.